The Balaban J connectivity index is 2.35. The molecule has 0 aromatic carbocycles. The summed E-state index contributed by atoms with van der Waals surface area (Å²) in [6.07, 6.45) is 2.77. The van der Waals surface area contributed by atoms with Gasteiger partial charge < -0.3 is 10.4 Å². The van der Waals surface area contributed by atoms with Crippen molar-refractivity contribution in [3.05, 3.63) is 0 Å². The molecule has 1 saturated heterocycles. The maximum Gasteiger partial charge on any atom is 0.304 e. The highest BCUT2D eigenvalue weighted by Crippen LogP contribution is 2.14. The van der Waals surface area contributed by atoms with E-state index in [9.17, 15) is 13.2 Å². The molecule has 0 aromatic rings. The number of carboxylic acid groups (broad SMARTS) is 1. The summed E-state index contributed by atoms with van der Waals surface area (Å²) >= 11 is 0. The summed E-state index contributed by atoms with van der Waals surface area (Å²) < 4.78 is 24.0. The molecule has 7 heteroatoms. The van der Waals surface area contributed by atoms with Crippen molar-refractivity contribution in [1.29, 1.82) is 0 Å². The minimum absolute atomic E-state index is 0.0812. The number of sulfonamides is 1. The average Bonchev–Trinajstić information content (AvgIpc) is 2.15. The minimum Gasteiger partial charge on any atom is -0.481 e. The Hall–Kier alpha value is -0.660. The van der Waals surface area contributed by atoms with E-state index in [1.807, 2.05) is 6.92 Å². The van der Waals surface area contributed by atoms with Gasteiger partial charge in [-0.1, -0.05) is 0 Å². The van der Waals surface area contributed by atoms with Crippen molar-refractivity contribution in [2.24, 2.45) is 0 Å². The first-order valence-corrected chi connectivity index (χ1v) is 7.57. The number of hydrogen-bond donors (Lipinski definition) is 2. The number of nitrogens with zero attached hydrogens (tertiary/aromatic N) is 1. The van der Waals surface area contributed by atoms with Gasteiger partial charge in [-0.25, -0.2) is 12.7 Å². The fraction of sp³-hybridized carbons (Fsp3) is 0.900. The Morgan fingerprint density at radius 1 is 1.47 bits per heavy atom. The molecular weight excluding hydrogens is 244 g/mol. The van der Waals surface area contributed by atoms with Crippen LogP contribution in [0.5, 0.6) is 0 Å². The lowest BCUT2D eigenvalue weighted by Crippen LogP contribution is -2.47. The highest BCUT2D eigenvalue weighted by Gasteiger charge is 2.25. The van der Waals surface area contributed by atoms with Gasteiger partial charge in [0.25, 0.3) is 0 Å². The summed E-state index contributed by atoms with van der Waals surface area (Å²) in [6, 6.07) is 0.129. The second kappa shape index (κ2) is 5.79. The van der Waals surface area contributed by atoms with Gasteiger partial charge >= 0.3 is 5.97 Å². The van der Waals surface area contributed by atoms with Crippen molar-refractivity contribution in [3.63, 3.8) is 0 Å². The van der Waals surface area contributed by atoms with Crippen molar-refractivity contribution in [2.45, 2.75) is 38.3 Å². The van der Waals surface area contributed by atoms with E-state index in [0.29, 0.717) is 13.1 Å². The number of rotatable bonds is 5. The van der Waals surface area contributed by atoms with Gasteiger partial charge in [-0.05, 0) is 19.8 Å². The van der Waals surface area contributed by atoms with Crippen molar-refractivity contribution in [3.8, 4) is 0 Å². The molecule has 0 spiro atoms. The molecule has 1 aliphatic rings. The van der Waals surface area contributed by atoms with Gasteiger partial charge in [0, 0.05) is 25.2 Å². The third-order valence-electron chi connectivity index (χ3n) is 2.92. The Kier molecular flexibility index (Phi) is 4.91. The fourth-order valence-electron chi connectivity index (χ4n) is 2.08. The van der Waals surface area contributed by atoms with Gasteiger partial charge in [0.2, 0.25) is 10.0 Å². The second-order valence-electron chi connectivity index (χ2n) is 4.60. The van der Waals surface area contributed by atoms with Crippen molar-refractivity contribution < 1.29 is 18.3 Å². The van der Waals surface area contributed by atoms with Crippen LogP contribution < -0.4 is 5.32 Å². The van der Waals surface area contributed by atoms with Crippen LogP contribution in [-0.2, 0) is 14.8 Å². The highest BCUT2D eigenvalue weighted by atomic mass is 32.2. The quantitative estimate of drug-likeness (QED) is 0.722. The Morgan fingerprint density at radius 2 is 2.00 bits per heavy atom. The van der Waals surface area contributed by atoms with Crippen LogP contribution in [-0.4, -0.2) is 55.2 Å². The molecule has 0 saturated carbocycles. The fourth-order valence-corrected chi connectivity index (χ4v) is 2.95. The van der Waals surface area contributed by atoms with E-state index in [4.69, 9.17) is 5.11 Å². The van der Waals surface area contributed by atoms with Gasteiger partial charge in [-0.3, -0.25) is 4.79 Å². The third-order valence-corrected chi connectivity index (χ3v) is 4.23. The van der Waals surface area contributed by atoms with Crippen LogP contribution in [0.2, 0.25) is 0 Å². The number of piperidine rings is 1. The maximum atomic E-state index is 11.3. The van der Waals surface area contributed by atoms with Crippen LogP contribution in [0.4, 0.5) is 0 Å². The maximum absolute atomic E-state index is 11.3. The van der Waals surface area contributed by atoms with Gasteiger partial charge in [-0.2, -0.15) is 0 Å². The molecule has 1 atom stereocenters. The standard InChI is InChI=1S/C10H20N2O4S/c1-8(7-10(13)14)11-9-3-5-12(6-4-9)17(2,15)16/h8-9,11H,3-7H2,1-2H3,(H,13,14). The van der Waals surface area contributed by atoms with E-state index in [1.54, 1.807) is 0 Å². The molecule has 0 amide bonds. The number of carboxylic acids is 1. The molecule has 6 nitrogen and oxygen atoms in total. The van der Waals surface area contributed by atoms with Gasteiger partial charge in [0.1, 0.15) is 0 Å². The first kappa shape index (κ1) is 14.4. The molecule has 17 heavy (non-hydrogen) atoms. The summed E-state index contributed by atoms with van der Waals surface area (Å²) in [4.78, 5) is 10.5. The van der Waals surface area contributed by atoms with E-state index in [0.717, 1.165) is 12.8 Å². The lowest BCUT2D eigenvalue weighted by Gasteiger charge is -2.32. The molecule has 1 aliphatic heterocycles. The first-order chi connectivity index (χ1) is 7.79. The van der Waals surface area contributed by atoms with Crippen molar-refractivity contribution in [2.75, 3.05) is 19.3 Å². The number of carbonyl (C=O) groups is 1. The summed E-state index contributed by atoms with van der Waals surface area (Å²) in [5.41, 5.74) is 0. The largest absolute Gasteiger partial charge is 0.481 e. The Labute approximate surface area is 102 Å². The molecular formula is C10H20N2O4S. The van der Waals surface area contributed by atoms with E-state index in [1.165, 1.54) is 10.6 Å². The van der Waals surface area contributed by atoms with Crippen LogP contribution in [0.15, 0.2) is 0 Å². The highest BCUT2D eigenvalue weighted by molar-refractivity contribution is 7.88. The smallest absolute Gasteiger partial charge is 0.304 e. The topological polar surface area (TPSA) is 86.7 Å². The van der Waals surface area contributed by atoms with Crippen LogP contribution in [0.25, 0.3) is 0 Å². The van der Waals surface area contributed by atoms with Crippen LogP contribution in [0, 0.1) is 0 Å². The zero-order valence-electron chi connectivity index (χ0n) is 10.2. The van der Waals surface area contributed by atoms with Gasteiger partial charge in [0.05, 0.1) is 12.7 Å². The van der Waals surface area contributed by atoms with Crippen LogP contribution in [0.1, 0.15) is 26.2 Å². The van der Waals surface area contributed by atoms with Crippen LogP contribution in [0.3, 0.4) is 0 Å². The lowest BCUT2D eigenvalue weighted by molar-refractivity contribution is -0.137. The predicted octanol–water partition coefficient (Wildman–Crippen LogP) is -0.137. The zero-order chi connectivity index (χ0) is 13.1. The van der Waals surface area contributed by atoms with Crippen LogP contribution >= 0.6 is 0 Å². The molecule has 0 aliphatic carbocycles. The SMILES string of the molecule is CC(CC(=O)O)NC1CCN(S(C)(=O)=O)CC1. The summed E-state index contributed by atoms with van der Waals surface area (Å²) in [5.74, 6) is -0.821. The van der Waals surface area contributed by atoms with Crippen molar-refractivity contribution in [1.82, 2.24) is 9.62 Å². The van der Waals surface area contributed by atoms with Gasteiger partial charge in [0.15, 0.2) is 0 Å². The van der Waals surface area contributed by atoms with Crippen molar-refractivity contribution >= 4 is 16.0 Å². The van der Waals surface area contributed by atoms with E-state index < -0.39 is 16.0 Å². The van der Waals surface area contributed by atoms with E-state index >= 15 is 0 Å². The lowest BCUT2D eigenvalue weighted by atomic mass is 10.1. The first-order valence-electron chi connectivity index (χ1n) is 5.72. The normalized spacial score (nSPS) is 21.3. The van der Waals surface area contributed by atoms with E-state index in [-0.39, 0.29) is 18.5 Å². The van der Waals surface area contributed by atoms with Gasteiger partial charge in [-0.15, -0.1) is 0 Å². The summed E-state index contributed by atoms with van der Waals surface area (Å²) in [7, 11) is -3.09. The zero-order valence-corrected chi connectivity index (χ0v) is 11.0. The Morgan fingerprint density at radius 3 is 2.41 bits per heavy atom. The monoisotopic (exact) mass is 264 g/mol. The summed E-state index contributed by atoms with van der Waals surface area (Å²) in [5, 5.41) is 11.9. The molecule has 0 radical (unpaired) electrons. The molecule has 1 heterocycles. The van der Waals surface area contributed by atoms with E-state index in [2.05, 4.69) is 5.32 Å². The number of aliphatic carboxylic acids is 1. The molecule has 2 N–H and O–H groups in total. The molecule has 0 aromatic heterocycles. The summed E-state index contributed by atoms with van der Waals surface area (Å²) in [6.45, 7) is 2.85. The average molecular weight is 264 g/mol. The predicted molar refractivity (Wildman–Crippen MR) is 64.3 cm³/mol. The number of hydrogen-bond acceptors (Lipinski definition) is 4. The molecule has 1 fully saturated rings. The molecule has 100 valence electrons. The number of nitrogens with one attached hydrogen (secondary N) is 1. The Bertz CT molecular complexity index is 361. The molecule has 1 rings (SSSR count). The second-order valence-corrected chi connectivity index (χ2v) is 6.58. The molecule has 0 bridgehead atoms. The third kappa shape index (κ3) is 5.01. The minimum atomic E-state index is -3.09. The molecule has 1 unspecified atom stereocenters.